The molecule has 0 fully saturated rings. The van der Waals surface area contributed by atoms with Gasteiger partial charge >= 0.3 is 0 Å². The van der Waals surface area contributed by atoms with Gasteiger partial charge in [-0.25, -0.2) is 0 Å². The monoisotopic (exact) mass is 142 g/mol. The fraction of sp³-hybridized carbons (Fsp3) is 0.200. The lowest BCUT2D eigenvalue weighted by Crippen LogP contribution is -1.92. The standard InChI is InChI=1S/C5H4BClS/c1-3-2-4(7)5(6)8-3/h2H,1H3. The molecule has 3 heteroatoms. The summed E-state index contributed by atoms with van der Waals surface area (Å²) in [7, 11) is 5.43. The molecule has 0 amide bonds. The van der Waals surface area contributed by atoms with Crippen molar-refractivity contribution < 1.29 is 0 Å². The smallest absolute Gasteiger partial charge is 0.130 e. The molecule has 0 nitrogen and oxygen atoms in total. The van der Waals surface area contributed by atoms with Crippen LogP contribution in [-0.4, -0.2) is 7.85 Å². The Kier molecular flexibility index (Phi) is 1.63. The maximum absolute atomic E-state index is 5.61. The molecule has 1 aromatic heterocycles. The summed E-state index contributed by atoms with van der Waals surface area (Å²) in [5.74, 6) is 0. The molecule has 0 bridgehead atoms. The Morgan fingerprint density at radius 2 is 2.38 bits per heavy atom. The van der Waals surface area contributed by atoms with Crippen LogP contribution < -0.4 is 4.78 Å². The fourth-order valence-corrected chi connectivity index (χ4v) is 1.53. The molecule has 0 saturated carbocycles. The highest BCUT2D eigenvalue weighted by molar-refractivity contribution is 7.20. The lowest BCUT2D eigenvalue weighted by Gasteiger charge is -1.77. The van der Waals surface area contributed by atoms with Gasteiger partial charge in [-0.15, -0.1) is 0 Å². The summed E-state index contributed by atoms with van der Waals surface area (Å²) in [6.07, 6.45) is 0. The van der Waals surface area contributed by atoms with Gasteiger partial charge in [-0.05, 0) is 17.8 Å². The van der Waals surface area contributed by atoms with Gasteiger partial charge in [0, 0.05) is 9.90 Å². The van der Waals surface area contributed by atoms with E-state index in [2.05, 4.69) is 0 Å². The summed E-state index contributed by atoms with van der Waals surface area (Å²) in [5, 5.41) is 0.674. The zero-order valence-corrected chi connectivity index (χ0v) is 6.01. The first kappa shape index (κ1) is 6.18. The highest BCUT2D eigenvalue weighted by Crippen LogP contribution is 2.13. The minimum absolute atomic E-state index is 0.674. The molecule has 2 radical (unpaired) electrons. The average Bonchev–Trinajstić information content (AvgIpc) is 1.85. The van der Waals surface area contributed by atoms with Crippen molar-refractivity contribution in [2.75, 3.05) is 0 Å². The van der Waals surface area contributed by atoms with Crippen LogP contribution in [0, 0.1) is 6.92 Å². The van der Waals surface area contributed by atoms with Crippen molar-refractivity contribution in [3.8, 4) is 0 Å². The van der Waals surface area contributed by atoms with Crippen molar-refractivity contribution >= 4 is 35.6 Å². The minimum Gasteiger partial charge on any atom is -0.156 e. The molecular weight excluding hydrogens is 138 g/mol. The quantitative estimate of drug-likeness (QED) is 0.482. The molecule has 0 spiro atoms. The van der Waals surface area contributed by atoms with Crippen LogP contribution in [0.5, 0.6) is 0 Å². The van der Waals surface area contributed by atoms with Gasteiger partial charge in [0.2, 0.25) is 0 Å². The van der Waals surface area contributed by atoms with E-state index in [1.807, 2.05) is 13.0 Å². The molecular formula is C5H4BClS. The molecule has 0 aliphatic heterocycles. The minimum atomic E-state index is 0.674. The van der Waals surface area contributed by atoms with Crippen molar-refractivity contribution in [3.05, 3.63) is 16.0 Å². The lowest BCUT2D eigenvalue weighted by molar-refractivity contribution is 1.64. The summed E-state index contributed by atoms with van der Waals surface area (Å²) >= 11 is 7.13. The van der Waals surface area contributed by atoms with E-state index in [1.165, 1.54) is 11.3 Å². The van der Waals surface area contributed by atoms with Crippen molar-refractivity contribution in [2.24, 2.45) is 0 Å². The van der Waals surface area contributed by atoms with Crippen molar-refractivity contribution in [3.63, 3.8) is 0 Å². The number of aryl methyl sites for hydroxylation is 1. The third-order valence-corrected chi connectivity index (χ3v) is 2.14. The molecule has 0 unspecified atom stereocenters. The van der Waals surface area contributed by atoms with Gasteiger partial charge in [0.25, 0.3) is 0 Å². The number of halogens is 1. The van der Waals surface area contributed by atoms with E-state index < -0.39 is 0 Å². The first-order valence-electron chi connectivity index (χ1n) is 2.21. The summed E-state index contributed by atoms with van der Waals surface area (Å²) in [6.45, 7) is 1.98. The molecule has 1 rings (SSSR count). The van der Waals surface area contributed by atoms with E-state index in [1.54, 1.807) is 0 Å². The van der Waals surface area contributed by atoms with E-state index in [4.69, 9.17) is 19.4 Å². The second kappa shape index (κ2) is 2.12. The van der Waals surface area contributed by atoms with Gasteiger partial charge in [-0.3, -0.25) is 0 Å². The Hall–Kier alpha value is 0.0549. The van der Waals surface area contributed by atoms with Gasteiger partial charge in [0.15, 0.2) is 0 Å². The Labute approximate surface area is 58.9 Å². The Morgan fingerprint density at radius 1 is 1.75 bits per heavy atom. The maximum atomic E-state index is 5.61. The first-order valence-corrected chi connectivity index (χ1v) is 3.41. The summed E-state index contributed by atoms with van der Waals surface area (Å²) in [4.78, 5) is 1.16. The number of thiophene rings is 1. The van der Waals surface area contributed by atoms with Crippen LogP contribution in [0.25, 0.3) is 0 Å². The van der Waals surface area contributed by atoms with E-state index in [0.29, 0.717) is 9.80 Å². The molecule has 8 heavy (non-hydrogen) atoms. The van der Waals surface area contributed by atoms with Crippen LogP contribution in [0.3, 0.4) is 0 Å². The predicted molar refractivity (Wildman–Crippen MR) is 39.5 cm³/mol. The van der Waals surface area contributed by atoms with Crippen molar-refractivity contribution in [2.45, 2.75) is 6.92 Å². The molecule has 0 aliphatic carbocycles. The molecule has 0 N–H and O–H groups in total. The Bertz CT molecular complexity index is 175. The van der Waals surface area contributed by atoms with E-state index in [0.717, 1.165) is 4.88 Å². The summed E-state index contributed by atoms with van der Waals surface area (Å²) < 4.78 is 0.712. The first-order chi connectivity index (χ1) is 3.70. The van der Waals surface area contributed by atoms with Crippen molar-refractivity contribution in [1.82, 2.24) is 0 Å². The van der Waals surface area contributed by atoms with Gasteiger partial charge in [0.1, 0.15) is 7.85 Å². The van der Waals surface area contributed by atoms with Gasteiger partial charge in [-0.1, -0.05) is 11.6 Å². The third kappa shape index (κ3) is 1.06. The molecule has 0 aliphatic rings. The van der Waals surface area contributed by atoms with Crippen LogP contribution >= 0.6 is 22.9 Å². The van der Waals surface area contributed by atoms with Crippen LogP contribution in [0.4, 0.5) is 0 Å². The van der Waals surface area contributed by atoms with Gasteiger partial charge in [-0.2, -0.15) is 11.3 Å². The second-order valence-corrected chi connectivity index (χ2v) is 3.26. The Morgan fingerprint density at radius 3 is 2.50 bits per heavy atom. The molecule has 40 valence electrons. The highest BCUT2D eigenvalue weighted by Gasteiger charge is 1.95. The summed E-state index contributed by atoms with van der Waals surface area (Å²) in [6, 6.07) is 1.86. The van der Waals surface area contributed by atoms with Crippen LogP contribution in [0.2, 0.25) is 5.02 Å². The molecule has 1 heterocycles. The highest BCUT2D eigenvalue weighted by atomic mass is 35.5. The Balaban J connectivity index is 3.14. The SMILES string of the molecule is [B]c1sc(C)cc1Cl. The number of hydrogen-bond donors (Lipinski definition) is 0. The average molecular weight is 142 g/mol. The van der Waals surface area contributed by atoms with Crippen LogP contribution in [0.15, 0.2) is 6.07 Å². The van der Waals surface area contributed by atoms with E-state index >= 15 is 0 Å². The number of rotatable bonds is 0. The lowest BCUT2D eigenvalue weighted by atomic mass is 10.1. The fourth-order valence-electron chi connectivity index (χ4n) is 0.501. The van der Waals surface area contributed by atoms with Crippen LogP contribution in [0.1, 0.15) is 4.88 Å². The topological polar surface area (TPSA) is 0 Å². The van der Waals surface area contributed by atoms with Crippen LogP contribution in [-0.2, 0) is 0 Å². The molecule has 0 saturated heterocycles. The van der Waals surface area contributed by atoms with E-state index in [-0.39, 0.29) is 0 Å². The van der Waals surface area contributed by atoms with E-state index in [9.17, 15) is 0 Å². The summed E-state index contributed by atoms with van der Waals surface area (Å²) in [5.41, 5.74) is 0. The zero-order chi connectivity index (χ0) is 6.15. The van der Waals surface area contributed by atoms with Crippen molar-refractivity contribution in [1.29, 1.82) is 0 Å². The second-order valence-electron chi connectivity index (χ2n) is 1.57. The van der Waals surface area contributed by atoms with Gasteiger partial charge < -0.3 is 0 Å². The zero-order valence-electron chi connectivity index (χ0n) is 4.44. The third-order valence-electron chi connectivity index (χ3n) is 0.836. The number of hydrogen-bond acceptors (Lipinski definition) is 1. The molecule has 0 atom stereocenters. The van der Waals surface area contributed by atoms with Gasteiger partial charge in [0.05, 0.1) is 0 Å². The maximum Gasteiger partial charge on any atom is 0.130 e. The normalized spacial score (nSPS) is 9.75. The molecule has 0 aromatic carbocycles. The predicted octanol–water partition coefficient (Wildman–Crippen LogP) is 1.50. The molecule has 1 aromatic rings. The largest absolute Gasteiger partial charge is 0.156 e.